The molecule has 0 atom stereocenters. The van der Waals surface area contributed by atoms with E-state index in [0.717, 1.165) is 17.2 Å². The number of nitro benzene ring substituents is 1. The van der Waals surface area contributed by atoms with E-state index in [0.29, 0.717) is 29.2 Å². The molecule has 0 spiro atoms. The minimum absolute atomic E-state index is 0.0195. The van der Waals surface area contributed by atoms with Gasteiger partial charge < -0.3 is 4.74 Å². The van der Waals surface area contributed by atoms with E-state index in [1.165, 1.54) is 35.4 Å². The van der Waals surface area contributed by atoms with Crippen LogP contribution in [0.2, 0.25) is 0 Å². The first kappa shape index (κ1) is 25.3. The highest BCUT2D eigenvalue weighted by Crippen LogP contribution is 2.28. The molecular formula is C28H25N3O6. The zero-order valence-corrected chi connectivity index (χ0v) is 20.6. The van der Waals surface area contributed by atoms with Crippen LogP contribution in [0.3, 0.4) is 0 Å². The van der Waals surface area contributed by atoms with E-state index < -0.39 is 22.8 Å². The van der Waals surface area contributed by atoms with E-state index in [9.17, 15) is 24.5 Å². The third kappa shape index (κ3) is 5.56. The summed E-state index contributed by atoms with van der Waals surface area (Å²) in [6.45, 7) is 6.38. The first-order valence-electron chi connectivity index (χ1n) is 11.6. The highest BCUT2D eigenvalue weighted by Gasteiger charge is 2.37. The van der Waals surface area contributed by atoms with Gasteiger partial charge in [0.05, 0.1) is 17.2 Å². The van der Waals surface area contributed by atoms with Crippen LogP contribution in [0, 0.1) is 24.0 Å². The summed E-state index contributed by atoms with van der Waals surface area (Å²) in [7, 11) is 0. The summed E-state index contributed by atoms with van der Waals surface area (Å²) in [6, 6.07) is 15.8. The number of nitrogens with zero attached hydrogens (tertiary/aromatic N) is 2. The molecule has 1 heterocycles. The predicted molar refractivity (Wildman–Crippen MR) is 138 cm³/mol. The Bertz CT molecular complexity index is 1440. The summed E-state index contributed by atoms with van der Waals surface area (Å²) in [6.07, 6.45) is 2.01. The number of ether oxygens (including phenoxy) is 1. The first-order chi connectivity index (χ1) is 17.7. The molecule has 0 saturated carbocycles. The molecule has 0 aliphatic carbocycles. The van der Waals surface area contributed by atoms with Gasteiger partial charge in [-0.2, -0.15) is 0 Å². The SMILES string of the molecule is CCOc1cc(/C=C2\C(=O)NC(=O)N(c3cccc([N+](=O)[O-])c3)C2=O)ccc1Cc1cc(C)cc(C)c1. The molecule has 1 aliphatic heterocycles. The molecule has 0 bridgehead atoms. The highest BCUT2D eigenvalue weighted by atomic mass is 16.6. The van der Waals surface area contributed by atoms with Crippen LogP contribution in [0.25, 0.3) is 6.08 Å². The Hall–Kier alpha value is -4.79. The number of carbonyl (C=O) groups is 3. The van der Waals surface area contributed by atoms with E-state index in [2.05, 4.69) is 23.5 Å². The average molecular weight is 500 g/mol. The Morgan fingerprint density at radius 3 is 2.41 bits per heavy atom. The van der Waals surface area contributed by atoms with Crippen molar-refractivity contribution in [2.45, 2.75) is 27.2 Å². The van der Waals surface area contributed by atoms with Crippen LogP contribution >= 0.6 is 0 Å². The van der Waals surface area contributed by atoms with Crippen LogP contribution in [0.15, 0.2) is 66.2 Å². The summed E-state index contributed by atoms with van der Waals surface area (Å²) in [5, 5.41) is 13.3. The number of urea groups is 1. The van der Waals surface area contributed by atoms with E-state index in [-0.39, 0.29) is 16.9 Å². The summed E-state index contributed by atoms with van der Waals surface area (Å²) >= 11 is 0. The number of aryl methyl sites for hydroxylation is 2. The summed E-state index contributed by atoms with van der Waals surface area (Å²) in [4.78, 5) is 49.4. The molecule has 0 aromatic heterocycles. The molecule has 4 rings (SSSR count). The van der Waals surface area contributed by atoms with Crippen molar-refractivity contribution in [2.75, 3.05) is 11.5 Å². The maximum absolute atomic E-state index is 13.2. The van der Waals surface area contributed by atoms with Crippen molar-refractivity contribution >= 4 is 35.3 Å². The van der Waals surface area contributed by atoms with Gasteiger partial charge in [-0.25, -0.2) is 9.69 Å². The minimum atomic E-state index is -0.980. The summed E-state index contributed by atoms with van der Waals surface area (Å²) in [5.74, 6) is -1.12. The number of hydrogen-bond donors (Lipinski definition) is 1. The Morgan fingerprint density at radius 2 is 1.73 bits per heavy atom. The lowest BCUT2D eigenvalue weighted by molar-refractivity contribution is -0.384. The largest absolute Gasteiger partial charge is 0.494 e. The van der Waals surface area contributed by atoms with Crippen LogP contribution in [0.4, 0.5) is 16.2 Å². The zero-order chi connectivity index (χ0) is 26.7. The van der Waals surface area contributed by atoms with E-state index in [1.54, 1.807) is 12.1 Å². The molecule has 1 aliphatic rings. The molecule has 4 amide bonds. The van der Waals surface area contributed by atoms with E-state index in [4.69, 9.17) is 4.74 Å². The van der Waals surface area contributed by atoms with Crippen LogP contribution in [-0.2, 0) is 16.0 Å². The molecule has 1 fully saturated rings. The van der Waals surface area contributed by atoms with Gasteiger partial charge in [-0.1, -0.05) is 47.5 Å². The van der Waals surface area contributed by atoms with Gasteiger partial charge in [0.1, 0.15) is 11.3 Å². The molecule has 3 aromatic carbocycles. The van der Waals surface area contributed by atoms with Crippen LogP contribution < -0.4 is 15.0 Å². The smallest absolute Gasteiger partial charge is 0.335 e. The number of nitro groups is 1. The molecule has 9 nitrogen and oxygen atoms in total. The second kappa shape index (κ2) is 10.4. The van der Waals surface area contributed by atoms with Crippen molar-refractivity contribution in [2.24, 2.45) is 0 Å². The number of benzene rings is 3. The standard InChI is InChI=1S/C28H25N3O6/c1-4-37-25-15-19(8-9-21(25)13-20-11-17(2)10-18(3)12-20)14-24-26(32)29-28(34)30(27(24)33)22-6-5-7-23(16-22)31(35)36/h5-12,14-16H,4,13H2,1-3H3,(H,29,32,34)/b24-14+. The van der Waals surface area contributed by atoms with Crippen molar-refractivity contribution in [3.8, 4) is 5.75 Å². The Balaban J connectivity index is 1.68. The second-order valence-electron chi connectivity index (χ2n) is 8.71. The molecule has 188 valence electrons. The predicted octanol–water partition coefficient (Wildman–Crippen LogP) is 4.87. The Labute approximate surface area is 213 Å². The number of nitrogens with one attached hydrogen (secondary N) is 1. The maximum atomic E-state index is 13.2. The minimum Gasteiger partial charge on any atom is -0.494 e. The van der Waals surface area contributed by atoms with Gasteiger partial charge in [-0.3, -0.25) is 25.0 Å². The van der Waals surface area contributed by atoms with Crippen molar-refractivity contribution < 1.29 is 24.0 Å². The van der Waals surface area contributed by atoms with Gasteiger partial charge in [0.15, 0.2) is 0 Å². The van der Waals surface area contributed by atoms with Crippen molar-refractivity contribution in [1.29, 1.82) is 0 Å². The zero-order valence-electron chi connectivity index (χ0n) is 20.6. The third-order valence-corrected chi connectivity index (χ3v) is 5.78. The van der Waals surface area contributed by atoms with Crippen LogP contribution in [0.1, 0.15) is 34.7 Å². The monoisotopic (exact) mass is 499 g/mol. The van der Waals surface area contributed by atoms with Crippen molar-refractivity contribution in [1.82, 2.24) is 5.32 Å². The summed E-state index contributed by atoms with van der Waals surface area (Å²) in [5.41, 5.74) is 4.35. The molecule has 3 aromatic rings. The number of rotatable bonds is 7. The number of carbonyl (C=O) groups excluding carboxylic acids is 3. The third-order valence-electron chi connectivity index (χ3n) is 5.78. The van der Waals surface area contributed by atoms with Crippen molar-refractivity contribution in [3.05, 3.63) is 104 Å². The van der Waals surface area contributed by atoms with Crippen LogP contribution in [0.5, 0.6) is 5.75 Å². The number of amides is 4. The number of barbiturate groups is 1. The normalized spacial score (nSPS) is 14.6. The molecule has 1 N–H and O–H groups in total. The number of imide groups is 2. The maximum Gasteiger partial charge on any atom is 0.335 e. The van der Waals surface area contributed by atoms with E-state index >= 15 is 0 Å². The van der Waals surface area contributed by atoms with Gasteiger partial charge >= 0.3 is 6.03 Å². The van der Waals surface area contributed by atoms with Gasteiger partial charge in [-0.15, -0.1) is 0 Å². The highest BCUT2D eigenvalue weighted by molar-refractivity contribution is 6.39. The fourth-order valence-electron chi connectivity index (χ4n) is 4.29. The quantitative estimate of drug-likeness (QED) is 0.214. The summed E-state index contributed by atoms with van der Waals surface area (Å²) < 4.78 is 5.85. The van der Waals surface area contributed by atoms with Gasteiger partial charge in [0.2, 0.25) is 0 Å². The Morgan fingerprint density at radius 1 is 1.00 bits per heavy atom. The number of anilines is 1. The second-order valence-corrected chi connectivity index (χ2v) is 8.71. The average Bonchev–Trinajstić information content (AvgIpc) is 2.83. The molecule has 37 heavy (non-hydrogen) atoms. The number of hydrogen-bond acceptors (Lipinski definition) is 6. The number of non-ortho nitro benzene ring substituents is 1. The molecule has 0 unspecified atom stereocenters. The molecular weight excluding hydrogens is 474 g/mol. The topological polar surface area (TPSA) is 119 Å². The lowest BCUT2D eigenvalue weighted by Crippen LogP contribution is -2.54. The Kier molecular flexibility index (Phi) is 7.15. The molecule has 1 saturated heterocycles. The van der Waals surface area contributed by atoms with Crippen molar-refractivity contribution in [3.63, 3.8) is 0 Å². The van der Waals surface area contributed by atoms with Crippen LogP contribution in [-0.4, -0.2) is 29.4 Å². The molecule has 9 heteroatoms. The van der Waals surface area contributed by atoms with Gasteiger partial charge in [-0.05, 0) is 55.7 Å². The lowest BCUT2D eigenvalue weighted by atomic mass is 9.98. The van der Waals surface area contributed by atoms with E-state index in [1.807, 2.05) is 26.8 Å². The first-order valence-corrected chi connectivity index (χ1v) is 11.6. The lowest BCUT2D eigenvalue weighted by Gasteiger charge is -2.26. The fourth-order valence-corrected chi connectivity index (χ4v) is 4.29. The van der Waals surface area contributed by atoms with Gasteiger partial charge in [0, 0.05) is 18.6 Å². The fraction of sp³-hybridized carbons (Fsp3) is 0.179. The van der Waals surface area contributed by atoms with Gasteiger partial charge in [0.25, 0.3) is 17.5 Å². The molecule has 0 radical (unpaired) electrons.